The summed E-state index contributed by atoms with van der Waals surface area (Å²) >= 11 is 0. The maximum atomic E-state index is 9.34. The standard InChI is InChI=1S/C17H23NO2/c1-11-4-6-14(7-5-11)17(20-19)15-8-12(2)16(10-18)13(3)9-15/h8-9,11,14,17,19H,4-7H2,1-3H3. The molecule has 1 aromatic rings. The van der Waals surface area contributed by atoms with Crippen molar-refractivity contribution in [2.75, 3.05) is 0 Å². The molecule has 1 aliphatic carbocycles. The van der Waals surface area contributed by atoms with Crippen molar-refractivity contribution in [3.05, 3.63) is 34.4 Å². The summed E-state index contributed by atoms with van der Waals surface area (Å²) in [6.07, 6.45) is 4.29. The van der Waals surface area contributed by atoms with Crippen LogP contribution >= 0.6 is 0 Å². The molecule has 1 N–H and O–H groups in total. The average Bonchev–Trinajstić information content (AvgIpc) is 2.41. The van der Waals surface area contributed by atoms with Gasteiger partial charge in [-0.2, -0.15) is 5.26 Å². The molecule has 1 aliphatic rings. The van der Waals surface area contributed by atoms with E-state index in [0.29, 0.717) is 5.92 Å². The molecule has 0 aromatic heterocycles. The molecule has 3 heteroatoms. The predicted octanol–water partition coefficient (Wildman–Crippen LogP) is 4.53. The maximum Gasteiger partial charge on any atom is 0.120 e. The minimum atomic E-state index is -0.271. The third-order valence-corrected chi connectivity index (χ3v) is 4.60. The van der Waals surface area contributed by atoms with Crippen molar-refractivity contribution in [1.29, 1.82) is 5.26 Å². The Hall–Kier alpha value is -1.37. The fourth-order valence-corrected chi connectivity index (χ4v) is 3.35. The third-order valence-electron chi connectivity index (χ3n) is 4.60. The molecule has 0 heterocycles. The molecule has 0 saturated heterocycles. The van der Waals surface area contributed by atoms with Crippen LogP contribution in [0.2, 0.25) is 0 Å². The molecule has 3 nitrogen and oxygen atoms in total. The molecule has 2 rings (SSSR count). The van der Waals surface area contributed by atoms with E-state index in [9.17, 15) is 5.26 Å². The number of aryl methyl sites for hydroxylation is 2. The van der Waals surface area contributed by atoms with Crippen molar-refractivity contribution < 1.29 is 10.1 Å². The van der Waals surface area contributed by atoms with Gasteiger partial charge in [0.1, 0.15) is 6.10 Å². The minimum Gasteiger partial charge on any atom is -0.251 e. The second kappa shape index (κ2) is 6.39. The van der Waals surface area contributed by atoms with E-state index in [0.717, 1.165) is 41.0 Å². The monoisotopic (exact) mass is 273 g/mol. The van der Waals surface area contributed by atoms with E-state index >= 15 is 0 Å². The van der Waals surface area contributed by atoms with Gasteiger partial charge in [0.05, 0.1) is 11.6 Å². The van der Waals surface area contributed by atoms with Crippen LogP contribution in [0, 0.1) is 37.0 Å². The van der Waals surface area contributed by atoms with Gasteiger partial charge in [0.15, 0.2) is 0 Å². The van der Waals surface area contributed by atoms with Crippen molar-refractivity contribution in [1.82, 2.24) is 0 Å². The smallest absolute Gasteiger partial charge is 0.120 e. The Kier molecular flexibility index (Phi) is 4.80. The summed E-state index contributed by atoms with van der Waals surface area (Å²) in [5.74, 6) is 1.14. The first kappa shape index (κ1) is 15.0. The summed E-state index contributed by atoms with van der Waals surface area (Å²) in [7, 11) is 0. The Labute approximate surface area is 121 Å². The molecule has 1 saturated carbocycles. The molecule has 1 fully saturated rings. The molecule has 1 atom stereocenters. The maximum absolute atomic E-state index is 9.34. The SMILES string of the molecule is Cc1cc(C(OO)C2CCC(C)CC2)cc(C)c1C#N. The largest absolute Gasteiger partial charge is 0.251 e. The molecule has 1 aromatic carbocycles. The highest BCUT2D eigenvalue weighted by Crippen LogP contribution is 2.39. The number of benzene rings is 1. The van der Waals surface area contributed by atoms with Gasteiger partial charge in [-0.25, -0.2) is 4.89 Å². The summed E-state index contributed by atoms with van der Waals surface area (Å²) in [5.41, 5.74) is 3.62. The summed E-state index contributed by atoms with van der Waals surface area (Å²) in [4.78, 5) is 4.81. The third kappa shape index (κ3) is 3.03. The average molecular weight is 273 g/mol. The number of rotatable bonds is 3. The Morgan fingerprint density at radius 2 is 1.75 bits per heavy atom. The van der Waals surface area contributed by atoms with Gasteiger partial charge in [-0.3, -0.25) is 5.26 Å². The Morgan fingerprint density at radius 3 is 2.20 bits per heavy atom. The van der Waals surface area contributed by atoms with Crippen LogP contribution in [0.4, 0.5) is 0 Å². The van der Waals surface area contributed by atoms with Crippen molar-refractivity contribution >= 4 is 0 Å². The van der Waals surface area contributed by atoms with E-state index in [4.69, 9.17) is 10.1 Å². The lowest BCUT2D eigenvalue weighted by Gasteiger charge is -2.31. The lowest BCUT2D eigenvalue weighted by atomic mass is 9.78. The highest BCUT2D eigenvalue weighted by atomic mass is 17.1. The van der Waals surface area contributed by atoms with Crippen LogP contribution in [0.1, 0.15) is 61.0 Å². The van der Waals surface area contributed by atoms with Crippen LogP contribution < -0.4 is 0 Å². The van der Waals surface area contributed by atoms with Crippen LogP contribution in [-0.2, 0) is 4.89 Å². The van der Waals surface area contributed by atoms with E-state index in [1.54, 1.807) is 0 Å². The molecule has 0 spiro atoms. The minimum absolute atomic E-state index is 0.271. The molecule has 20 heavy (non-hydrogen) atoms. The lowest BCUT2D eigenvalue weighted by molar-refractivity contribution is -0.296. The van der Waals surface area contributed by atoms with Gasteiger partial charge < -0.3 is 0 Å². The summed E-state index contributed by atoms with van der Waals surface area (Å²) in [6.45, 7) is 6.15. The van der Waals surface area contributed by atoms with Gasteiger partial charge in [-0.15, -0.1) is 0 Å². The fraction of sp³-hybridized carbons (Fsp3) is 0.588. The highest BCUT2D eigenvalue weighted by molar-refractivity contribution is 5.46. The topological polar surface area (TPSA) is 53.2 Å². The number of nitriles is 1. The Morgan fingerprint density at radius 1 is 1.20 bits per heavy atom. The quantitative estimate of drug-likeness (QED) is 0.650. The molecular weight excluding hydrogens is 250 g/mol. The number of nitrogens with zero attached hydrogens (tertiary/aromatic N) is 1. The van der Waals surface area contributed by atoms with Gasteiger partial charge >= 0.3 is 0 Å². The zero-order valence-electron chi connectivity index (χ0n) is 12.5. The van der Waals surface area contributed by atoms with Crippen LogP contribution in [0.3, 0.4) is 0 Å². The zero-order chi connectivity index (χ0) is 14.7. The van der Waals surface area contributed by atoms with Gasteiger partial charge in [0.25, 0.3) is 0 Å². The summed E-state index contributed by atoms with van der Waals surface area (Å²) in [5, 5.41) is 18.5. The van der Waals surface area contributed by atoms with Gasteiger partial charge in [0, 0.05) is 0 Å². The summed E-state index contributed by atoms with van der Waals surface area (Å²) in [6, 6.07) is 6.18. The molecule has 0 bridgehead atoms. The van der Waals surface area contributed by atoms with Crippen LogP contribution in [0.15, 0.2) is 12.1 Å². The first-order chi connectivity index (χ1) is 9.56. The van der Waals surface area contributed by atoms with E-state index in [2.05, 4.69) is 13.0 Å². The highest BCUT2D eigenvalue weighted by Gasteiger charge is 2.29. The molecule has 108 valence electrons. The Bertz CT molecular complexity index is 487. The van der Waals surface area contributed by atoms with Crippen molar-refractivity contribution in [3.8, 4) is 6.07 Å². The van der Waals surface area contributed by atoms with E-state index in [-0.39, 0.29) is 6.10 Å². The van der Waals surface area contributed by atoms with Crippen molar-refractivity contribution in [2.45, 2.75) is 52.6 Å². The van der Waals surface area contributed by atoms with Gasteiger partial charge in [-0.05, 0) is 55.2 Å². The lowest BCUT2D eigenvalue weighted by Crippen LogP contribution is -2.21. The van der Waals surface area contributed by atoms with Gasteiger partial charge in [-0.1, -0.05) is 31.9 Å². The second-order valence-electron chi connectivity index (χ2n) is 6.19. The summed E-state index contributed by atoms with van der Waals surface area (Å²) < 4.78 is 0. The normalized spacial score (nSPS) is 24.1. The van der Waals surface area contributed by atoms with Crippen LogP contribution in [-0.4, -0.2) is 5.26 Å². The molecular formula is C17H23NO2. The molecule has 1 unspecified atom stereocenters. The zero-order valence-corrected chi connectivity index (χ0v) is 12.5. The Balaban J connectivity index is 2.26. The fourth-order valence-electron chi connectivity index (χ4n) is 3.35. The first-order valence-electron chi connectivity index (χ1n) is 7.38. The number of hydrogen-bond acceptors (Lipinski definition) is 3. The second-order valence-corrected chi connectivity index (χ2v) is 6.19. The predicted molar refractivity (Wildman–Crippen MR) is 78.2 cm³/mol. The first-order valence-corrected chi connectivity index (χ1v) is 7.38. The van der Waals surface area contributed by atoms with Crippen LogP contribution in [0.5, 0.6) is 0 Å². The molecule has 0 amide bonds. The van der Waals surface area contributed by atoms with Gasteiger partial charge in [0.2, 0.25) is 0 Å². The van der Waals surface area contributed by atoms with E-state index < -0.39 is 0 Å². The molecule has 0 aliphatic heterocycles. The van der Waals surface area contributed by atoms with E-state index in [1.165, 1.54) is 12.8 Å². The number of hydrogen-bond donors (Lipinski definition) is 1. The van der Waals surface area contributed by atoms with E-state index in [1.807, 2.05) is 26.0 Å². The molecule has 0 radical (unpaired) electrons. The van der Waals surface area contributed by atoms with Crippen molar-refractivity contribution in [3.63, 3.8) is 0 Å². The van der Waals surface area contributed by atoms with Crippen molar-refractivity contribution in [2.24, 2.45) is 11.8 Å². The van der Waals surface area contributed by atoms with Crippen LogP contribution in [0.25, 0.3) is 0 Å².